The van der Waals surface area contributed by atoms with Crippen LogP contribution in [0.25, 0.3) is 0 Å². The molecule has 0 bridgehead atoms. The second kappa shape index (κ2) is 7.38. The van der Waals surface area contributed by atoms with E-state index >= 15 is 0 Å². The van der Waals surface area contributed by atoms with Gasteiger partial charge in [0, 0.05) is 0 Å². The Morgan fingerprint density at radius 3 is 0.952 bits per heavy atom. The fraction of sp³-hybridized carbons (Fsp3) is 1.00. The first-order valence-electron chi connectivity index (χ1n) is 6.38. The summed E-state index contributed by atoms with van der Waals surface area (Å²) in [6.07, 6.45) is -19.4. The van der Waals surface area contributed by atoms with Crippen LogP contribution in [0.2, 0.25) is 0 Å². The van der Waals surface area contributed by atoms with Crippen LogP contribution in [0.4, 0.5) is 39.5 Å². The molecular weight excluding hydrogens is 334 g/mol. The molecule has 0 aromatic rings. The van der Waals surface area contributed by atoms with Crippen molar-refractivity contribution in [3.8, 4) is 0 Å². The van der Waals surface area contributed by atoms with Crippen molar-refractivity contribution < 1.29 is 39.5 Å². The van der Waals surface area contributed by atoms with Crippen molar-refractivity contribution in [1.29, 1.82) is 0 Å². The van der Waals surface area contributed by atoms with Gasteiger partial charge in [-0.25, -0.2) is 0 Å². The second-order valence-corrected chi connectivity index (χ2v) is 10.4. The van der Waals surface area contributed by atoms with Crippen LogP contribution in [0.15, 0.2) is 0 Å². The van der Waals surface area contributed by atoms with Gasteiger partial charge in [-0.3, -0.25) is 0 Å². The molecule has 0 fully saturated rings. The van der Waals surface area contributed by atoms with E-state index in [0.717, 1.165) is 0 Å². The summed E-state index contributed by atoms with van der Waals surface area (Å²) in [5.41, 5.74) is 0. The second-order valence-electron chi connectivity index (χ2n) is 5.20. The Balaban J connectivity index is 4.91. The molecule has 130 valence electrons. The molecule has 0 unspecified atom stereocenters. The number of halogens is 9. The van der Waals surface area contributed by atoms with Crippen molar-refractivity contribution in [3.63, 3.8) is 0 Å². The van der Waals surface area contributed by atoms with Gasteiger partial charge < -0.3 is 0 Å². The fourth-order valence-electron chi connectivity index (χ4n) is 2.13. The quantitative estimate of drug-likeness (QED) is 0.412. The van der Waals surface area contributed by atoms with Gasteiger partial charge in [0.15, 0.2) is 0 Å². The van der Waals surface area contributed by atoms with E-state index in [1.807, 2.05) is 0 Å². The summed E-state index contributed by atoms with van der Waals surface area (Å²) in [7, 11) is -3.26. The summed E-state index contributed by atoms with van der Waals surface area (Å²) in [6.45, 7) is 1.38. The first-order valence-corrected chi connectivity index (χ1v) is 9.21. The Hall–Kier alpha value is -0.200. The van der Waals surface area contributed by atoms with E-state index in [1.165, 1.54) is 6.92 Å². The Morgan fingerprint density at radius 2 is 0.810 bits per heavy atom. The maximum atomic E-state index is 12.2. The maximum absolute atomic E-state index is 12.2. The van der Waals surface area contributed by atoms with E-state index in [-0.39, 0.29) is 6.16 Å². The molecule has 0 aliphatic carbocycles. The van der Waals surface area contributed by atoms with Gasteiger partial charge in [0.1, 0.15) is 0 Å². The normalized spacial score (nSPS) is 15.3. The van der Waals surface area contributed by atoms with Crippen molar-refractivity contribution in [1.82, 2.24) is 0 Å². The third-order valence-electron chi connectivity index (χ3n) is 3.57. The summed E-state index contributed by atoms with van der Waals surface area (Å²) < 4.78 is 110. The number of alkyl halides is 9. The average molecular weight is 352 g/mol. The van der Waals surface area contributed by atoms with Crippen molar-refractivity contribution in [2.45, 2.75) is 44.7 Å². The molecule has 0 N–H and O–H groups in total. The first-order chi connectivity index (χ1) is 9.18. The summed E-state index contributed by atoms with van der Waals surface area (Å²) in [5.74, 6) is 0. The van der Waals surface area contributed by atoms with Gasteiger partial charge in [-0.15, -0.1) is 0 Å². The zero-order valence-corrected chi connectivity index (χ0v) is 12.4. The molecule has 0 amide bonds. The van der Waals surface area contributed by atoms with Gasteiger partial charge in [-0.1, -0.05) is 0 Å². The van der Waals surface area contributed by atoms with Crippen LogP contribution in [0.3, 0.4) is 0 Å². The molecule has 0 atom stereocenters. The van der Waals surface area contributed by atoms with E-state index in [4.69, 9.17) is 0 Å². The molecule has 0 radical (unpaired) electrons. The molecule has 0 saturated carbocycles. The van der Waals surface area contributed by atoms with Gasteiger partial charge in [0.05, 0.1) is 0 Å². The predicted octanol–water partition coefficient (Wildman–Crippen LogP) is 5.61. The van der Waals surface area contributed by atoms with Crippen molar-refractivity contribution in [2.24, 2.45) is 0 Å². The zero-order chi connectivity index (χ0) is 16.9. The first kappa shape index (κ1) is 20.8. The molecule has 0 nitrogen and oxygen atoms in total. The molecule has 0 aromatic heterocycles. The van der Waals surface area contributed by atoms with Crippen LogP contribution >= 0.6 is 7.26 Å². The van der Waals surface area contributed by atoms with E-state index in [2.05, 4.69) is 0 Å². The minimum atomic E-state index is -4.57. The topological polar surface area (TPSA) is 0 Å². The molecule has 0 aromatic carbocycles. The van der Waals surface area contributed by atoms with E-state index < -0.39 is 63.5 Å². The number of hydrogen-bond acceptors (Lipinski definition) is 0. The Labute approximate surface area is 117 Å². The van der Waals surface area contributed by atoms with Gasteiger partial charge in [-0.2, -0.15) is 0 Å². The van der Waals surface area contributed by atoms with Gasteiger partial charge in [0.25, 0.3) is 0 Å². The number of rotatable bonds is 7. The summed E-state index contributed by atoms with van der Waals surface area (Å²) in [6, 6.07) is 0. The van der Waals surface area contributed by atoms with Gasteiger partial charge in [0.2, 0.25) is 0 Å². The van der Waals surface area contributed by atoms with Crippen LogP contribution < -0.4 is 0 Å². The van der Waals surface area contributed by atoms with E-state index in [1.54, 1.807) is 0 Å². The van der Waals surface area contributed by atoms with Gasteiger partial charge >= 0.3 is 116 Å². The molecule has 0 rings (SSSR count). The fourth-order valence-corrected chi connectivity index (χ4v) is 6.38. The predicted molar refractivity (Wildman–Crippen MR) is 65.5 cm³/mol. The Kier molecular flexibility index (Phi) is 7.31. The molecule has 10 heteroatoms. The van der Waals surface area contributed by atoms with Gasteiger partial charge in [-0.05, 0) is 0 Å². The minimum absolute atomic E-state index is 0.0186. The van der Waals surface area contributed by atoms with E-state index in [0.29, 0.717) is 0 Å². The van der Waals surface area contributed by atoms with Crippen molar-refractivity contribution in [2.75, 3.05) is 24.6 Å². The van der Waals surface area contributed by atoms with Crippen LogP contribution in [0.5, 0.6) is 0 Å². The summed E-state index contributed by atoms with van der Waals surface area (Å²) in [4.78, 5) is 0. The molecule has 0 saturated heterocycles. The Bertz CT molecular complexity index is 257. The zero-order valence-electron chi connectivity index (χ0n) is 11.4. The molecule has 0 aliphatic rings. The standard InChI is InChI=1S/C11H18F9P/c1-2-21(6-3-9(12,13)14,7-4-10(15,16)17)8-5-11(18,19)20/h21H,2-8H2,1H3. The van der Waals surface area contributed by atoms with Crippen LogP contribution in [-0.4, -0.2) is 43.2 Å². The monoisotopic (exact) mass is 352 g/mol. The summed E-state index contributed by atoms with van der Waals surface area (Å²) >= 11 is 0. The van der Waals surface area contributed by atoms with Crippen LogP contribution in [-0.2, 0) is 0 Å². The third-order valence-corrected chi connectivity index (χ3v) is 9.00. The molecule has 0 aliphatic heterocycles. The summed E-state index contributed by atoms with van der Waals surface area (Å²) in [5, 5.41) is 0. The molecule has 0 heterocycles. The molecule has 0 spiro atoms. The SMILES string of the molecule is CC[PH](CCC(F)(F)F)(CCC(F)(F)F)CCC(F)(F)F. The van der Waals surface area contributed by atoms with Crippen molar-refractivity contribution in [3.05, 3.63) is 0 Å². The van der Waals surface area contributed by atoms with Crippen molar-refractivity contribution >= 4 is 7.26 Å². The molecule has 21 heavy (non-hydrogen) atoms. The Morgan fingerprint density at radius 1 is 0.571 bits per heavy atom. The van der Waals surface area contributed by atoms with E-state index in [9.17, 15) is 39.5 Å². The molecular formula is C11H18F9P. The van der Waals surface area contributed by atoms with Crippen LogP contribution in [0.1, 0.15) is 26.2 Å². The van der Waals surface area contributed by atoms with Crippen LogP contribution in [0, 0.1) is 0 Å². The average Bonchev–Trinajstić information content (AvgIpc) is 2.25. The third kappa shape index (κ3) is 11.1. The number of hydrogen-bond donors (Lipinski definition) is 0.